The van der Waals surface area contributed by atoms with Gasteiger partial charge in [0, 0.05) is 11.3 Å². The van der Waals surface area contributed by atoms with E-state index in [4.69, 9.17) is 0 Å². The lowest BCUT2D eigenvalue weighted by atomic mass is 10.00. The highest BCUT2D eigenvalue weighted by Gasteiger charge is 2.42. The first-order chi connectivity index (χ1) is 8.17. The molecule has 0 aromatic rings. The van der Waals surface area contributed by atoms with Gasteiger partial charge in [-0.1, -0.05) is 20.3 Å². The van der Waals surface area contributed by atoms with Crippen molar-refractivity contribution in [3.8, 4) is 6.07 Å². The van der Waals surface area contributed by atoms with E-state index in [0.717, 1.165) is 18.8 Å². The fourth-order valence-corrected chi connectivity index (χ4v) is 3.97. The van der Waals surface area contributed by atoms with Crippen molar-refractivity contribution in [2.45, 2.75) is 69.2 Å². The summed E-state index contributed by atoms with van der Waals surface area (Å²) in [5.41, 5.74) is -0.186. The molecule has 17 heavy (non-hydrogen) atoms. The van der Waals surface area contributed by atoms with Gasteiger partial charge >= 0.3 is 0 Å². The first-order valence-electron chi connectivity index (χ1n) is 6.98. The van der Waals surface area contributed by atoms with Crippen molar-refractivity contribution >= 4 is 11.8 Å². The minimum atomic E-state index is -0.186. The highest BCUT2D eigenvalue weighted by Crippen LogP contribution is 2.39. The van der Waals surface area contributed by atoms with E-state index >= 15 is 0 Å². The SMILES string of the molecule is CCC(C)CSC1CCC(C#N)(NC2CC2)C1. The monoisotopic (exact) mass is 252 g/mol. The van der Waals surface area contributed by atoms with Gasteiger partial charge in [-0.2, -0.15) is 17.0 Å². The predicted octanol–water partition coefficient (Wildman–Crippen LogP) is 3.33. The molecule has 3 atom stereocenters. The van der Waals surface area contributed by atoms with Gasteiger partial charge in [-0.15, -0.1) is 0 Å². The van der Waals surface area contributed by atoms with Crippen molar-refractivity contribution in [3.05, 3.63) is 0 Å². The van der Waals surface area contributed by atoms with E-state index in [1.54, 1.807) is 0 Å². The normalized spacial score (nSPS) is 34.5. The molecule has 3 unspecified atom stereocenters. The maximum atomic E-state index is 9.41. The van der Waals surface area contributed by atoms with E-state index in [1.807, 2.05) is 0 Å². The lowest BCUT2D eigenvalue weighted by Crippen LogP contribution is -2.43. The summed E-state index contributed by atoms with van der Waals surface area (Å²) in [6.45, 7) is 4.58. The molecule has 0 radical (unpaired) electrons. The van der Waals surface area contributed by atoms with Gasteiger partial charge in [-0.3, -0.25) is 5.32 Å². The van der Waals surface area contributed by atoms with Crippen LogP contribution in [0.5, 0.6) is 0 Å². The number of thioether (sulfide) groups is 1. The Hall–Kier alpha value is -0.200. The standard InChI is InChI=1S/C14H24N2S/c1-3-11(2)9-17-13-6-7-14(8-13,10-15)16-12-4-5-12/h11-13,16H,3-9H2,1-2H3. The summed E-state index contributed by atoms with van der Waals surface area (Å²) in [6.07, 6.45) is 7.14. The fraction of sp³-hybridized carbons (Fsp3) is 0.929. The molecule has 2 nitrogen and oxygen atoms in total. The fourth-order valence-electron chi connectivity index (χ4n) is 2.44. The second kappa shape index (κ2) is 5.63. The number of nitriles is 1. The molecule has 3 heteroatoms. The largest absolute Gasteiger partial charge is 0.297 e. The molecular weight excluding hydrogens is 228 g/mol. The quantitative estimate of drug-likeness (QED) is 0.787. The van der Waals surface area contributed by atoms with Crippen LogP contribution in [0.3, 0.4) is 0 Å². The third-order valence-electron chi connectivity index (χ3n) is 4.05. The van der Waals surface area contributed by atoms with E-state index in [9.17, 15) is 5.26 Å². The van der Waals surface area contributed by atoms with Crippen LogP contribution in [0.15, 0.2) is 0 Å². The minimum Gasteiger partial charge on any atom is -0.297 e. The Kier molecular flexibility index (Phi) is 4.38. The van der Waals surface area contributed by atoms with Crippen LogP contribution in [0, 0.1) is 17.2 Å². The average molecular weight is 252 g/mol. The highest BCUT2D eigenvalue weighted by molar-refractivity contribution is 7.99. The average Bonchev–Trinajstić information content (AvgIpc) is 3.05. The number of hydrogen-bond donors (Lipinski definition) is 1. The smallest absolute Gasteiger partial charge is 0.108 e. The van der Waals surface area contributed by atoms with Crippen LogP contribution in [0.1, 0.15) is 52.4 Å². The molecule has 0 saturated heterocycles. The molecule has 0 aromatic carbocycles. The Labute approximate surface area is 110 Å². The van der Waals surface area contributed by atoms with Gasteiger partial charge in [0.2, 0.25) is 0 Å². The van der Waals surface area contributed by atoms with E-state index in [-0.39, 0.29) is 5.54 Å². The van der Waals surface area contributed by atoms with Crippen molar-refractivity contribution in [2.24, 2.45) is 5.92 Å². The lowest BCUT2D eigenvalue weighted by molar-refractivity contribution is 0.420. The van der Waals surface area contributed by atoms with E-state index < -0.39 is 0 Å². The van der Waals surface area contributed by atoms with Crippen LogP contribution in [-0.2, 0) is 0 Å². The van der Waals surface area contributed by atoms with Crippen LogP contribution < -0.4 is 5.32 Å². The summed E-state index contributed by atoms with van der Waals surface area (Å²) in [7, 11) is 0. The van der Waals surface area contributed by atoms with Crippen LogP contribution in [0.25, 0.3) is 0 Å². The molecule has 0 aromatic heterocycles. The summed E-state index contributed by atoms with van der Waals surface area (Å²) in [6, 6.07) is 3.20. The molecule has 2 aliphatic rings. The van der Waals surface area contributed by atoms with Crippen molar-refractivity contribution in [2.75, 3.05) is 5.75 Å². The van der Waals surface area contributed by atoms with Gasteiger partial charge in [0.05, 0.1) is 6.07 Å². The zero-order valence-corrected chi connectivity index (χ0v) is 11.9. The van der Waals surface area contributed by atoms with Gasteiger partial charge in [0.1, 0.15) is 5.54 Å². The van der Waals surface area contributed by atoms with E-state index in [2.05, 4.69) is 37.0 Å². The maximum Gasteiger partial charge on any atom is 0.108 e. The first-order valence-corrected chi connectivity index (χ1v) is 8.03. The van der Waals surface area contributed by atoms with Crippen LogP contribution in [-0.4, -0.2) is 22.6 Å². The number of nitrogens with zero attached hydrogens (tertiary/aromatic N) is 1. The lowest BCUT2D eigenvalue weighted by Gasteiger charge is -2.22. The molecule has 0 heterocycles. The van der Waals surface area contributed by atoms with Gasteiger partial charge in [0.25, 0.3) is 0 Å². The Bertz CT molecular complexity index is 295. The zero-order valence-electron chi connectivity index (χ0n) is 11.0. The molecule has 0 spiro atoms. The van der Waals surface area contributed by atoms with Crippen LogP contribution in [0.4, 0.5) is 0 Å². The summed E-state index contributed by atoms with van der Waals surface area (Å²) >= 11 is 2.09. The van der Waals surface area contributed by atoms with Crippen LogP contribution >= 0.6 is 11.8 Å². The molecule has 2 aliphatic carbocycles. The van der Waals surface area contributed by atoms with Crippen LogP contribution in [0.2, 0.25) is 0 Å². The topological polar surface area (TPSA) is 35.8 Å². The summed E-state index contributed by atoms with van der Waals surface area (Å²) in [5, 5.41) is 13.7. The highest BCUT2D eigenvalue weighted by atomic mass is 32.2. The molecule has 96 valence electrons. The second-order valence-corrected chi connectivity index (χ2v) is 7.16. The van der Waals surface area contributed by atoms with Crippen molar-refractivity contribution in [3.63, 3.8) is 0 Å². The Balaban J connectivity index is 1.78. The molecule has 0 bridgehead atoms. The van der Waals surface area contributed by atoms with Gasteiger partial charge in [-0.25, -0.2) is 0 Å². The molecule has 2 saturated carbocycles. The summed E-state index contributed by atoms with van der Waals surface area (Å²) < 4.78 is 0. The van der Waals surface area contributed by atoms with E-state index in [0.29, 0.717) is 11.3 Å². The van der Waals surface area contributed by atoms with E-state index in [1.165, 1.54) is 31.4 Å². The molecular formula is C14H24N2S. The summed E-state index contributed by atoms with van der Waals surface area (Å²) in [5.74, 6) is 2.07. The first kappa shape index (κ1) is 13.2. The Morgan fingerprint density at radius 2 is 2.24 bits per heavy atom. The Morgan fingerprint density at radius 1 is 1.47 bits per heavy atom. The number of nitrogens with one attached hydrogen (secondary N) is 1. The molecule has 1 N–H and O–H groups in total. The minimum absolute atomic E-state index is 0.186. The van der Waals surface area contributed by atoms with Crippen molar-refractivity contribution < 1.29 is 0 Å². The third kappa shape index (κ3) is 3.63. The van der Waals surface area contributed by atoms with Crippen molar-refractivity contribution in [1.82, 2.24) is 5.32 Å². The maximum absolute atomic E-state index is 9.41. The summed E-state index contributed by atoms with van der Waals surface area (Å²) in [4.78, 5) is 0. The Morgan fingerprint density at radius 3 is 2.82 bits per heavy atom. The molecule has 0 aliphatic heterocycles. The molecule has 2 fully saturated rings. The number of rotatable bonds is 6. The van der Waals surface area contributed by atoms with Crippen molar-refractivity contribution in [1.29, 1.82) is 5.26 Å². The van der Waals surface area contributed by atoms with Gasteiger partial charge in [-0.05, 0) is 43.8 Å². The number of hydrogen-bond acceptors (Lipinski definition) is 3. The third-order valence-corrected chi connectivity index (χ3v) is 5.69. The predicted molar refractivity (Wildman–Crippen MR) is 74.1 cm³/mol. The van der Waals surface area contributed by atoms with Gasteiger partial charge in [0.15, 0.2) is 0 Å². The van der Waals surface area contributed by atoms with Gasteiger partial charge < -0.3 is 0 Å². The molecule has 0 amide bonds. The molecule has 2 rings (SSSR count). The zero-order chi connectivity index (χ0) is 12.3. The second-order valence-electron chi connectivity index (χ2n) is 5.82.